The Balaban J connectivity index is 1.61. The molecule has 2 aliphatic rings. The van der Waals surface area contributed by atoms with Crippen molar-refractivity contribution in [2.75, 3.05) is 23.8 Å². The molecule has 1 saturated carbocycles. The van der Waals surface area contributed by atoms with E-state index in [4.69, 9.17) is 4.74 Å². The van der Waals surface area contributed by atoms with Crippen molar-refractivity contribution in [2.45, 2.75) is 32.1 Å². The highest BCUT2D eigenvalue weighted by atomic mass is 16.5. The topological polar surface area (TPSA) is 50.4 Å². The summed E-state index contributed by atoms with van der Waals surface area (Å²) in [5.41, 5.74) is 1.82. The quantitative estimate of drug-likeness (QED) is 0.878. The van der Waals surface area contributed by atoms with Crippen molar-refractivity contribution < 1.29 is 9.53 Å². The minimum Gasteiger partial charge on any atom is -0.482 e. The molecule has 4 heteroatoms. The maximum Gasteiger partial charge on any atom is 0.262 e. The predicted octanol–water partition coefficient (Wildman–Crippen LogP) is 3.01. The Labute approximate surface area is 113 Å². The van der Waals surface area contributed by atoms with Crippen molar-refractivity contribution in [2.24, 2.45) is 5.92 Å². The van der Waals surface area contributed by atoms with Crippen LogP contribution in [0.15, 0.2) is 18.2 Å². The van der Waals surface area contributed by atoms with Gasteiger partial charge in [0, 0.05) is 12.2 Å². The first-order valence-corrected chi connectivity index (χ1v) is 7.12. The summed E-state index contributed by atoms with van der Waals surface area (Å²) in [4.78, 5) is 11.3. The van der Waals surface area contributed by atoms with Crippen LogP contribution in [0.25, 0.3) is 0 Å². The second-order valence-electron chi connectivity index (χ2n) is 5.43. The molecule has 0 spiro atoms. The van der Waals surface area contributed by atoms with Crippen LogP contribution in [0.1, 0.15) is 32.1 Å². The summed E-state index contributed by atoms with van der Waals surface area (Å²) in [6, 6.07) is 5.88. The number of ether oxygens (including phenoxy) is 1. The molecule has 0 saturated heterocycles. The Hall–Kier alpha value is -1.71. The Kier molecular flexibility index (Phi) is 3.58. The van der Waals surface area contributed by atoms with Gasteiger partial charge in [0.15, 0.2) is 6.61 Å². The Morgan fingerprint density at radius 1 is 1.26 bits per heavy atom. The van der Waals surface area contributed by atoms with E-state index in [1.165, 1.54) is 32.1 Å². The number of nitrogens with one attached hydrogen (secondary N) is 2. The third kappa shape index (κ3) is 3.00. The summed E-state index contributed by atoms with van der Waals surface area (Å²) in [6.07, 6.45) is 6.77. The zero-order valence-electron chi connectivity index (χ0n) is 11.1. The maximum atomic E-state index is 11.3. The lowest BCUT2D eigenvalue weighted by Gasteiger charge is -2.23. The van der Waals surface area contributed by atoms with Crippen LogP contribution in [-0.2, 0) is 4.79 Å². The SMILES string of the molecule is O=C1COc2ccc(NCC3CCCCC3)cc2N1. The number of amides is 1. The standard InChI is InChI=1S/C15H20N2O2/c18-15-10-19-14-7-6-12(8-13(14)17-15)16-9-11-4-2-1-3-5-11/h6-8,11,16H,1-5,9-10H2,(H,17,18). The van der Waals surface area contributed by atoms with Crippen molar-refractivity contribution in [1.82, 2.24) is 0 Å². The summed E-state index contributed by atoms with van der Waals surface area (Å²) in [7, 11) is 0. The molecule has 102 valence electrons. The lowest BCUT2D eigenvalue weighted by Crippen LogP contribution is -2.25. The molecule has 1 heterocycles. The largest absolute Gasteiger partial charge is 0.482 e. The molecule has 2 N–H and O–H groups in total. The fraction of sp³-hybridized carbons (Fsp3) is 0.533. The zero-order valence-corrected chi connectivity index (χ0v) is 11.1. The minimum absolute atomic E-state index is 0.0862. The van der Waals surface area contributed by atoms with Gasteiger partial charge in [-0.3, -0.25) is 4.79 Å². The molecule has 1 aromatic rings. The smallest absolute Gasteiger partial charge is 0.262 e. The second-order valence-corrected chi connectivity index (χ2v) is 5.43. The van der Waals surface area contributed by atoms with E-state index < -0.39 is 0 Å². The Morgan fingerprint density at radius 2 is 2.11 bits per heavy atom. The Morgan fingerprint density at radius 3 is 2.95 bits per heavy atom. The number of rotatable bonds is 3. The number of benzene rings is 1. The van der Waals surface area contributed by atoms with Crippen LogP contribution in [-0.4, -0.2) is 19.1 Å². The molecule has 4 nitrogen and oxygen atoms in total. The van der Waals surface area contributed by atoms with Crippen LogP contribution >= 0.6 is 0 Å². The van der Waals surface area contributed by atoms with Crippen LogP contribution in [0.4, 0.5) is 11.4 Å². The van der Waals surface area contributed by atoms with Gasteiger partial charge >= 0.3 is 0 Å². The van der Waals surface area contributed by atoms with E-state index in [-0.39, 0.29) is 12.5 Å². The van der Waals surface area contributed by atoms with Gasteiger partial charge in [0.1, 0.15) is 5.75 Å². The second kappa shape index (κ2) is 5.51. The van der Waals surface area contributed by atoms with Gasteiger partial charge in [-0.1, -0.05) is 19.3 Å². The van der Waals surface area contributed by atoms with Crippen LogP contribution < -0.4 is 15.4 Å². The molecule has 1 aliphatic heterocycles. The van der Waals surface area contributed by atoms with Crippen LogP contribution in [0.2, 0.25) is 0 Å². The number of hydrogen-bond donors (Lipinski definition) is 2. The van der Waals surface area contributed by atoms with Gasteiger partial charge in [0.05, 0.1) is 5.69 Å². The van der Waals surface area contributed by atoms with Crippen LogP contribution in [0.3, 0.4) is 0 Å². The molecule has 1 aromatic carbocycles. The van der Waals surface area contributed by atoms with Gasteiger partial charge in [0.2, 0.25) is 0 Å². The molecule has 1 fully saturated rings. The van der Waals surface area contributed by atoms with E-state index >= 15 is 0 Å². The third-order valence-corrected chi connectivity index (χ3v) is 3.93. The number of fused-ring (bicyclic) bond motifs is 1. The van der Waals surface area contributed by atoms with Crippen LogP contribution in [0.5, 0.6) is 5.75 Å². The first-order valence-electron chi connectivity index (χ1n) is 7.12. The van der Waals surface area contributed by atoms with E-state index in [9.17, 15) is 4.79 Å². The van der Waals surface area contributed by atoms with Gasteiger partial charge in [-0.25, -0.2) is 0 Å². The number of carbonyl (C=O) groups excluding carboxylic acids is 1. The third-order valence-electron chi connectivity index (χ3n) is 3.93. The molecular formula is C15H20N2O2. The summed E-state index contributed by atoms with van der Waals surface area (Å²) < 4.78 is 5.35. The molecule has 19 heavy (non-hydrogen) atoms. The molecule has 0 unspecified atom stereocenters. The monoisotopic (exact) mass is 260 g/mol. The fourth-order valence-corrected chi connectivity index (χ4v) is 2.85. The van der Waals surface area contributed by atoms with Crippen molar-refractivity contribution in [3.63, 3.8) is 0 Å². The van der Waals surface area contributed by atoms with Gasteiger partial charge < -0.3 is 15.4 Å². The van der Waals surface area contributed by atoms with E-state index in [0.717, 1.165) is 29.6 Å². The molecular weight excluding hydrogens is 240 g/mol. The normalized spacial score (nSPS) is 19.3. The highest BCUT2D eigenvalue weighted by Gasteiger charge is 2.17. The number of carbonyl (C=O) groups is 1. The Bertz CT molecular complexity index is 467. The van der Waals surface area contributed by atoms with Gasteiger partial charge in [-0.15, -0.1) is 0 Å². The van der Waals surface area contributed by atoms with Crippen molar-refractivity contribution in [1.29, 1.82) is 0 Å². The molecule has 0 bridgehead atoms. The highest BCUT2D eigenvalue weighted by molar-refractivity contribution is 5.95. The molecule has 3 rings (SSSR count). The van der Waals surface area contributed by atoms with Crippen molar-refractivity contribution in [3.05, 3.63) is 18.2 Å². The van der Waals surface area contributed by atoms with Crippen molar-refractivity contribution in [3.8, 4) is 5.75 Å². The first-order chi connectivity index (χ1) is 9.31. The van der Waals surface area contributed by atoms with Gasteiger partial charge in [0.25, 0.3) is 5.91 Å². The summed E-state index contributed by atoms with van der Waals surface area (Å²) in [6.45, 7) is 1.13. The maximum absolute atomic E-state index is 11.3. The lowest BCUT2D eigenvalue weighted by molar-refractivity contribution is -0.118. The van der Waals surface area contributed by atoms with E-state index in [0.29, 0.717) is 0 Å². The molecule has 0 radical (unpaired) electrons. The molecule has 1 aliphatic carbocycles. The van der Waals surface area contributed by atoms with Crippen LogP contribution in [0, 0.1) is 5.92 Å². The van der Waals surface area contributed by atoms with Gasteiger partial charge in [-0.2, -0.15) is 0 Å². The summed E-state index contributed by atoms with van der Waals surface area (Å²) in [5, 5.41) is 6.31. The summed E-state index contributed by atoms with van der Waals surface area (Å²) in [5.74, 6) is 1.45. The van der Waals surface area contributed by atoms with Gasteiger partial charge in [-0.05, 0) is 37.0 Å². The number of anilines is 2. The molecule has 1 amide bonds. The zero-order chi connectivity index (χ0) is 13.1. The average Bonchev–Trinajstić information content (AvgIpc) is 2.46. The predicted molar refractivity (Wildman–Crippen MR) is 75.6 cm³/mol. The molecule has 0 aromatic heterocycles. The lowest BCUT2D eigenvalue weighted by atomic mass is 9.89. The molecule has 0 atom stereocenters. The van der Waals surface area contributed by atoms with E-state index in [1.807, 2.05) is 18.2 Å². The van der Waals surface area contributed by atoms with Crippen molar-refractivity contribution >= 4 is 17.3 Å². The fourth-order valence-electron chi connectivity index (χ4n) is 2.85. The number of hydrogen-bond acceptors (Lipinski definition) is 3. The van der Waals surface area contributed by atoms with E-state index in [2.05, 4.69) is 10.6 Å². The first kappa shape index (κ1) is 12.3. The average molecular weight is 260 g/mol. The van der Waals surface area contributed by atoms with E-state index in [1.54, 1.807) is 0 Å². The minimum atomic E-state index is -0.0862. The highest BCUT2D eigenvalue weighted by Crippen LogP contribution is 2.31. The summed E-state index contributed by atoms with van der Waals surface area (Å²) >= 11 is 0.